The lowest BCUT2D eigenvalue weighted by atomic mass is 9.94. The molecule has 0 aromatic carbocycles. The highest BCUT2D eigenvalue weighted by atomic mass is 16.4. The zero-order chi connectivity index (χ0) is 14.7. The van der Waals surface area contributed by atoms with Crippen molar-refractivity contribution in [1.82, 2.24) is 9.88 Å². The summed E-state index contributed by atoms with van der Waals surface area (Å²) in [6, 6.07) is 3.85. The Morgan fingerprint density at radius 1 is 1.40 bits per heavy atom. The van der Waals surface area contributed by atoms with E-state index in [0.29, 0.717) is 6.54 Å². The molecule has 5 nitrogen and oxygen atoms in total. The van der Waals surface area contributed by atoms with Crippen LogP contribution < -0.4 is 0 Å². The summed E-state index contributed by atoms with van der Waals surface area (Å²) in [4.78, 5) is 29.5. The number of carbonyl (C=O) groups excluding carboxylic acids is 1. The van der Waals surface area contributed by atoms with Gasteiger partial charge in [-0.2, -0.15) is 0 Å². The van der Waals surface area contributed by atoms with Crippen molar-refractivity contribution >= 4 is 11.9 Å². The fourth-order valence-electron chi connectivity index (χ4n) is 2.64. The zero-order valence-electron chi connectivity index (χ0n) is 11.8. The molecule has 1 saturated heterocycles. The number of hydrogen-bond acceptors (Lipinski definition) is 3. The van der Waals surface area contributed by atoms with Gasteiger partial charge in [-0.25, -0.2) is 0 Å². The predicted molar refractivity (Wildman–Crippen MR) is 73.9 cm³/mol. The van der Waals surface area contributed by atoms with Crippen LogP contribution in [0.5, 0.6) is 0 Å². The van der Waals surface area contributed by atoms with Gasteiger partial charge in [-0.3, -0.25) is 14.6 Å². The molecule has 1 aliphatic rings. The van der Waals surface area contributed by atoms with E-state index in [1.54, 1.807) is 31.1 Å². The lowest BCUT2D eigenvalue weighted by Crippen LogP contribution is -2.38. The highest BCUT2D eigenvalue weighted by Crippen LogP contribution is 2.33. The molecule has 0 spiro atoms. The van der Waals surface area contributed by atoms with E-state index in [9.17, 15) is 9.59 Å². The Balaban J connectivity index is 2.15. The summed E-state index contributed by atoms with van der Waals surface area (Å²) in [6.45, 7) is 3.97. The Labute approximate surface area is 118 Å². The fourth-order valence-corrected chi connectivity index (χ4v) is 2.64. The van der Waals surface area contributed by atoms with Crippen LogP contribution in [0.1, 0.15) is 38.3 Å². The van der Waals surface area contributed by atoms with Crippen molar-refractivity contribution in [2.24, 2.45) is 11.8 Å². The largest absolute Gasteiger partial charge is 0.481 e. The van der Waals surface area contributed by atoms with Gasteiger partial charge in [0, 0.05) is 24.9 Å². The Bertz CT molecular complexity index is 489. The van der Waals surface area contributed by atoms with E-state index in [0.717, 1.165) is 18.4 Å². The normalized spacial score (nSPS) is 21.5. The molecule has 1 N–H and O–H groups in total. The molecule has 1 aromatic heterocycles. The molecule has 20 heavy (non-hydrogen) atoms. The first kappa shape index (κ1) is 14.5. The summed E-state index contributed by atoms with van der Waals surface area (Å²) < 4.78 is 0. The van der Waals surface area contributed by atoms with Crippen LogP contribution in [-0.2, 0) is 9.59 Å². The van der Waals surface area contributed by atoms with Crippen molar-refractivity contribution < 1.29 is 14.7 Å². The van der Waals surface area contributed by atoms with Crippen LogP contribution in [0.15, 0.2) is 24.5 Å². The number of amides is 1. The Morgan fingerprint density at radius 2 is 2.15 bits per heavy atom. The van der Waals surface area contributed by atoms with Crippen molar-refractivity contribution in [3.8, 4) is 0 Å². The molecule has 1 fully saturated rings. The quantitative estimate of drug-likeness (QED) is 0.914. The average molecular weight is 276 g/mol. The number of likely N-dealkylation sites (tertiary alicyclic amines) is 1. The third-order valence-electron chi connectivity index (χ3n) is 4.13. The van der Waals surface area contributed by atoms with Crippen LogP contribution >= 0.6 is 0 Å². The molecular weight excluding hydrogens is 256 g/mol. The summed E-state index contributed by atoms with van der Waals surface area (Å²) >= 11 is 0. The molecule has 1 aliphatic heterocycles. The number of aliphatic carboxylic acids is 1. The van der Waals surface area contributed by atoms with Gasteiger partial charge in [0.1, 0.15) is 0 Å². The van der Waals surface area contributed by atoms with Crippen LogP contribution in [-0.4, -0.2) is 33.4 Å². The highest BCUT2D eigenvalue weighted by molar-refractivity contribution is 5.84. The smallest absolute Gasteiger partial charge is 0.307 e. The van der Waals surface area contributed by atoms with E-state index in [1.165, 1.54) is 0 Å². The molecule has 3 unspecified atom stereocenters. The standard InChI is InChI=1S/C15H20N2O3/c1-10(11(2)15(19)20)14(18)17-8-4-6-13(17)12-5-3-7-16-9-12/h3,5,7,9-11,13H,4,6,8H2,1-2H3,(H,19,20). The van der Waals surface area contributed by atoms with Gasteiger partial charge in [0.15, 0.2) is 0 Å². The van der Waals surface area contributed by atoms with E-state index in [4.69, 9.17) is 5.11 Å². The van der Waals surface area contributed by atoms with Gasteiger partial charge in [-0.15, -0.1) is 0 Å². The van der Waals surface area contributed by atoms with Gasteiger partial charge >= 0.3 is 5.97 Å². The molecule has 2 heterocycles. The molecule has 1 aromatic rings. The average Bonchev–Trinajstić information content (AvgIpc) is 2.95. The van der Waals surface area contributed by atoms with E-state index >= 15 is 0 Å². The molecule has 0 bridgehead atoms. The summed E-state index contributed by atoms with van der Waals surface area (Å²) in [5.74, 6) is -2.18. The van der Waals surface area contributed by atoms with Gasteiger partial charge in [0.05, 0.1) is 12.0 Å². The Kier molecular flexibility index (Phi) is 4.37. The number of carboxylic acid groups (broad SMARTS) is 1. The van der Waals surface area contributed by atoms with Gasteiger partial charge in [0.25, 0.3) is 0 Å². The van der Waals surface area contributed by atoms with Crippen LogP contribution in [0.3, 0.4) is 0 Å². The highest BCUT2D eigenvalue weighted by Gasteiger charge is 2.35. The van der Waals surface area contributed by atoms with Crippen LogP contribution in [0, 0.1) is 11.8 Å². The van der Waals surface area contributed by atoms with Crippen molar-refractivity contribution in [3.05, 3.63) is 30.1 Å². The summed E-state index contributed by atoms with van der Waals surface area (Å²) in [5.41, 5.74) is 1.02. The number of carboxylic acids is 1. The van der Waals surface area contributed by atoms with E-state index in [-0.39, 0.29) is 11.9 Å². The van der Waals surface area contributed by atoms with Crippen LogP contribution in [0.25, 0.3) is 0 Å². The maximum atomic E-state index is 12.5. The molecular formula is C15H20N2O3. The first-order chi connectivity index (χ1) is 9.52. The lowest BCUT2D eigenvalue weighted by molar-refractivity contribution is -0.149. The number of pyridine rings is 1. The monoisotopic (exact) mass is 276 g/mol. The van der Waals surface area contributed by atoms with Gasteiger partial charge in [0.2, 0.25) is 5.91 Å². The molecule has 0 aliphatic carbocycles. The molecule has 0 saturated carbocycles. The van der Waals surface area contributed by atoms with Crippen molar-refractivity contribution in [2.45, 2.75) is 32.7 Å². The third kappa shape index (κ3) is 2.81. The second-order valence-corrected chi connectivity index (χ2v) is 5.39. The molecule has 2 rings (SSSR count). The van der Waals surface area contributed by atoms with Crippen LogP contribution in [0.2, 0.25) is 0 Å². The zero-order valence-corrected chi connectivity index (χ0v) is 11.8. The second-order valence-electron chi connectivity index (χ2n) is 5.39. The molecule has 0 radical (unpaired) electrons. The first-order valence-electron chi connectivity index (χ1n) is 6.95. The molecule has 3 atom stereocenters. The van der Waals surface area contributed by atoms with E-state index < -0.39 is 17.8 Å². The third-order valence-corrected chi connectivity index (χ3v) is 4.13. The number of carbonyl (C=O) groups is 2. The van der Waals surface area contributed by atoms with Crippen molar-refractivity contribution in [2.75, 3.05) is 6.54 Å². The molecule has 1 amide bonds. The van der Waals surface area contributed by atoms with Crippen molar-refractivity contribution in [3.63, 3.8) is 0 Å². The summed E-state index contributed by atoms with van der Waals surface area (Å²) in [5, 5.41) is 9.05. The van der Waals surface area contributed by atoms with Crippen LogP contribution in [0.4, 0.5) is 0 Å². The summed E-state index contributed by atoms with van der Waals surface area (Å²) in [6.07, 6.45) is 5.34. The van der Waals surface area contributed by atoms with Gasteiger partial charge in [-0.05, 0) is 24.5 Å². The maximum Gasteiger partial charge on any atom is 0.307 e. The number of rotatable bonds is 4. The number of nitrogens with zero attached hydrogens (tertiary/aromatic N) is 2. The minimum atomic E-state index is -0.928. The minimum Gasteiger partial charge on any atom is -0.481 e. The Hall–Kier alpha value is -1.91. The number of hydrogen-bond donors (Lipinski definition) is 1. The number of aromatic nitrogens is 1. The molecule has 108 valence electrons. The first-order valence-corrected chi connectivity index (χ1v) is 6.95. The maximum absolute atomic E-state index is 12.5. The Morgan fingerprint density at radius 3 is 2.75 bits per heavy atom. The second kappa shape index (κ2) is 6.03. The fraction of sp³-hybridized carbons (Fsp3) is 0.533. The topological polar surface area (TPSA) is 70.5 Å². The SMILES string of the molecule is CC(C(=O)O)C(C)C(=O)N1CCCC1c1cccnc1. The van der Waals surface area contributed by atoms with E-state index in [2.05, 4.69) is 4.98 Å². The molecule has 5 heteroatoms. The van der Waals surface area contributed by atoms with Crippen molar-refractivity contribution in [1.29, 1.82) is 0 Å². The van der Waals surface area contributed by atoms with Gasteiger partial charge in [-0.1, -0.05) is 19.9 Å². The summed E-state index contributed by atoms with van der Waals surface area (Å²) in [7, 11) is 0. The predicted octanol–water partition coefficient (Wildman–Crippen LogP) is 2.10. The van der Waals surface area contributed by atoms with E-state index in [1.807, 2.05) is 12.1 Å². The minimum absolute atomic E-state index is 0.0274. The lowest BCUT2D eigenvalue weighted by Gasteiger charge is -2.29. The van der Waals surface area contributed by atoms with Gasteiger partial charge < -0.3 is 10.0 Å².